The second-order valence-corrected chi connectivity index (χ2v) is 5.49. The number of hydrogen-bond donors (Lipinski definition) is 1. The molecule has 1 N–H and O–H groups in total. The van der Waals surface area contributed by atoms with E-state index in [0.717, 1.165) is 18.5 Å². The Morgan fingerprint density at radius 1 is 1.26 bits per heavy atom. The zero-order chi connectivity index (χ0) is 13.7. The lowest BCUT2D eigenvalue weighted by Gasteiger charge is -2.14. The van der Waals surface area contributed by atoms with E-state index in [1.807, 2.05) is 0 Å². The van der Waals surface area contributed by atoms with Gasteiger partial charge in [-0.1, -0.05) is 35.4 Å². The van der Waals surface area contributed by atoms with Crippen molar-refractivity contribution < 1.29 is 4.79 Å². The van der Waals surface area contributed by atoms with Crippen molar-refractivity contribution in [2.24, 2.45) is 0 Å². The van der Waals surface area contributed by atoms with Crippen molar-refractivity contribution in [1.82, 2.24) is 5.32 Å². The Hall–Kier alpha value is -1.57. The SMILES string of the molecule is Cc1ccc(CC(=O)NCC2=CCCCC2)c(C)c1. The zero-order valence-electron chi connectivity index (χ0n) is 12.0. The van der Waals surface area contributed by atoms with E-state index in [0.29, 0.717) is 6.42 Å². The van der Waals surface area contributed by atoms with Crippen LogP contribution in [0.15, 0.2) is 29.8 Å². The van der Waals surface area contributed by atoms with Gasteiger partial charge in [-0.3, -0.25) is 4.79 Å². The molecule has 1 amide bonds. The monoisotopic (exact) mass is 257 g/mol. The minimum atomic E-state index is 0.124. The second kappa shape index (κ2) is 6.55. The Morgan fingerprint density at radius 3 is 2.79 bits per heavy atom. The molecule has 0 saturated carbocycles. The summed E-state index contributed by atoms with van der Waals surface area (Å²) < 4.78 is 0. The lowest BCUT2D eigenvalue weighted by Crippen LogP contribution is -2.27. The number of rotatable bonds is 4. The molecule has 0 bridgehead atoms. The average Bonchev–Trinajstić information content (AvgIpc) is 2.41. The molecule has 0 radical (unpaired) electrons. The number of carbonyl (C=O) groups is 1. The van der Waals surface area contributed by atoms with Gasteiger partial charge in [-0.05, 0) is 50.7 Å². The van der Waals surface area contributed by atoms with Gasteiger partial charge in [-0.25, -0.2) is 0 Å². The van der Waals surface area contributed by atoms with Crippen LogP contribution < -0.4 is 5.32 Å². The van der Waals surface area contributed by atoms with Crippen LogP contribution in [-0.4, -0.2) is 12.5 Å². The van der Waals surface area contributed by atoms with Gasteiger partial charge in [-0.15, -0.1) is 0 Å². The van der Waals surface area contributed by atoms with Crippen molar-refractivity contribution >= 4 is 5.91 Å². The highest BCUT2D eigenvalue weighted by atomic mass is 16.1. The molecule has 1 aliphatic rings. The molecule has 0 aliphatic heterocycles. The predicted molar refractivity (Wildman–Crippen MR) is 79.2 cm³/mol. The summed E-state index contributed by atoms with van der Waals surface area (Å²) in [6.07, 6.45) is 7.63. The second-order valence-electron chi connectivity index (χ2n) is 5.49. The third kappa shape index (κ3) is 4.23. The zero-order valence-corrected chi connectivity index (χ0v) is 12.0. The largest absolute Gasteiger partial charge is 0.352 e. The van der Waals surface area contributed by atoms with E-state index >= 15 is 0 Å². The smallest absolute Gasteiger partial charge is 0.224 e. The molecule has 0 saturated heterocycles. The van der Waals surface area contributed by atoms with Gasteiger partial charge < -0.3 is 5.32 Å². The van der Waals surface area contributed by atoms with E-state index in [9.17, 15) is 4.79 Å². The first kappa shape index (κ1) is 13.9. The number of amides is 1. The van der Waals surface area contributed by atoms with Gasteiger partial charge >= 0.3 is 0 Å². The Balaban J connectivity index is 1.85. The molecule has 0 aromatic heterocycles. The Morgan fingerprint density at radius 2 is 2.11 bits per heavy atom. The van der Waals surface area contributed by atoms with Crippen LogP contribution in [0.25, 0.3) is 0 Å². The van der Waals surface area contributed by atoms with Crippen molar-refractivity contribution in [3.8, 4) is 0 Å². The maximum atomic E-state index is 12.0. The predicted octanol–water partition coefficient (Wildman–Crippen LogP) is 3.46. The molecule has 0 atom stereocenters. The molecular weight excluding hydrogens is 234 g/mol. The molecule has 1 aromatic carbocycles. The summed E-state index contributed by atoms with van der Waals surface area (Å²) in [6, 6.07) is 6.26. The fraction of sp³-hybridized carbons (Fsp3) is 0.471. The van der Waals surface area contributed by atoms with Gasteiger partial charge in [-0.2, -0.15) is 0 Å². The van der Waals surface area contributed by atoms with E-state index in [2.05, 4.69) is 43.4 Å². The Kier molecular flexibility index (Phi) is 4.78. The molecule has 2 nitrogen and oxygen atoms in total. The van der Waals surface area contributed by atoms with Gasteiger partial charge in [0.25, 0.3) is 0 Å². The van der Waals surface area contributed by atoms with Crippen LogP contribution in [0.2, 0.25) is 0 Å². The Bertz CT molecular complexity index is 488. The van der Waals surface area contributed by atoms with Crippen molar-refractivity contribution in [2.75, 3.05) is 6.54 Å². The number of allylic oxidation sites excluding steroid dienone is 1. The maximum Gasteiger partial charge on any atom is 0.224 e. The summed E-state index contributed by atoms with van der Waals surface area (Å²) >= 11 is 0. The van der Waals surface area contributed by atoms with Gasteiger partial charge in [0.2, 0.25) is 5.91 Å². The molecule has 1 aliphatic carbocycles. The van der Waals surface area contributed by atoms with E-state index in [1.165, 1.54) is 36.0 Å². The fourth-order valence-corrected chi connectivity index (χ4v) is 2.56. The van der Waals surface area contributed by atoms with Crippen LogP contribution in [0.3, 0.4) is 0 Å². The molecule has 2 heteroatoms. The molecule has 0 spiro atoms. The lowest BCUT2D eigenvalue weighted by atomic mass is 9.99. The molecule has 19 heavy (non-hydrogen) atoms. The van der Waals surface area contributed by atoms with Gasteiger partial charge in [0.15, 0.2) is 0 Å². The van der Waals surface area contributed by atoms with Crippen LogP contribution in [0.4, 0.5) is 0 Å². The minimum absolute atomic E-state index is 0.124. The number of nitrogens with one attached hydrogen (secondary N) is 1. The van der Waals surface area contributed by atoms with Crippen molar-refractivity contribution in [2.45, 2.75) is 46.0 Å². The van der Waals surface area contributed by atoms with E-state index in [-0.39, 0.29) is 5.91 Å². The fourth-order valence-electron chi connectivity index (χ4n) is 2.56. The third-order valence-electron chi connectivity index (χ3n) is 3.75. The van der Waals surface area contributed by atoms with Crippen LogP contribution in [-0.2, 0) is 11.2 Å². The van der Waals surface area contributed by atoms with E-state index in [1.54, 1.807) is 0 Å². The van der Waals surface area contributed by atoms with E-state index < -0.39 is 0 Å². The van der Waals surface area contributed by atoms with Crippen LogP contribution >= 0.6 is 0 Å². The average molecular weight is 257 g/mol. The summed E-state index contributed by atoms with van der Waals surface area (Å²) in [5, 5.41) is 3.04. The van der Waals surface area contributed by atoms with Crippen LogP contribution in [0.5, 0.6) is 0 Å². The number of hydrogen-bond acceptors (Lipinski definition) is 1. The molecule has 0 fully saturated rings. The quantitative estimate of drug-likeness (QED) is 0.822. The summed E-state index contributed by atoms with van der Waals surface area (Å²) in [5.41, 5.74) is 4.96. The molecule has 102 valence electrons. The summed E-state index contributed by atoms with van der Waals surface area (Å²) in [7, 11) is 0. The van der Waals surface area contributed by atoms with Gasteiger partial charge in [0.1, 0.15) is 0 Å². The summed E-state index contributed by atoms with van der Waals surface area (Å²) in [4.78, 5) is 12.0. The standard InChI is InChI=1S/C17H23NO/c1-13-8-9-16(14(2)10-13)11-17(19)18-12-15-6-4-3-5-7-15/h6,8-10H,3-5,7,11-12H2,1-2H3,(H,18,19). The first-order valence-electron chi connectivity index (χ1n) is 7.16. The molecule has 2 rings (SSSR count). The number of carbonyl (C=O) groups excluding carboxylic acids is 1. The Labute approximate surface area is 115 Å². The molecule has 0 heterocycles. The lowest BCUT2D eigenvalue weighted by molar-refractivity contribution is -0.120. The normalized spacial score (nSPS) is 14.9. The minimum Gasteiger partial charge on any atom is -0.352 e. The highest BCUT2D eigenvalue weighted by Crippen LogP contribution is 2.16. The summed E-state index contributed by atoms with van der Waals surface area (Å²) in [5.74, 6) is 0.124. The van der Waals surface area contributed by atoms with Gasteiger partial charge in [0.05, 0.1) is 6.42 Å². The van der Waals surface area contributed by atoms with Crippen LogP contribution in [0.1, 0.15) is 42.4 Å². The first-order valence-corrected chi connectivity index (χ1v) is 7.16. The van der Waals surface area contributed by atoms with Gasteiger partial charge in [0, 0.05) is 6.54 Å². The third-order valence-corrected chi connectivity index (χ3v) is 3.75. The maximum absolute atomic E-state index is 12.0. The highest BCUT2D eigenvalue weighted by molar-refractivity contribution is 5.79. The molecule has 1 aromatic rings. The van der Waals surface area contributed by atoms with Crippen molar-refractivity contribution in [3.63, 3.8) is 0 Å². The summed E-state index contributed by atoms with van der Waals surface area (Å²) in [6.45, 7) is 4.87. The molecular formula is C17H23NO. The van der Waals surface area contributed by atoms with Crippen molar-refractivity contribution in [1.29, 1.82) is 0 Å². The topological polar surface area (TPSA) is 29.1 Å². The first-order chi connectivity index (χ1) is 9.15. The highest BCUT2D eigenvalue weighted by Gasteiger charge is 2.08. The van der Waals surface area contributed by atoms with E-state index in [4.69, 9.17) is 0 Å². The number of aryl methyl sites for hydroxylation is 2. The van der Waals surface area contributed by atoms with Crippen molar-refractivity contribution in [3.05, 3.63) is 46.5 Å². The van der Waals surface area contributed by atoms with Crippen LogP contribution in [0, 0.1) is 13.8 Å². The molecule has 0 unspecified atom stereocenters. The number of benzene rings is 1.